The van der Waals surface area contributed by atoms with Gasteiger partial charge < -0.3 is 14.8 Å². The maximum Gasteiger partial charge on any atom is 0.0856 e. The second-order valence-electron chi connectivity index (χ2n) is 2.61. The van der Waals surface area contributed by atoms with E-state index in [2.05, 4.69) is 11.9 Å². The van der Waals surface area contributed by atoms with E-state index in [1.165, 1.54) is 0 Å². The summed E-state index contributed by atoms with van der Waals surface area (Å²) in [5.74, 6) is 0. The van der Waals surface area contributed by atoms with Gasteiger partial charge in [-0.1, -0.05) is 6.58 Å². The Morgan fingerprint density at radius 1 is 1.33 bits per heavy atom. The van der Waals surface area contributed by atoms with Crippen molar-refractivity contribution in [1.82, 2.24) is 5.32 Å². The molecule has 0 aromatic carbocycles. The fourth-order valence-corrected chi connectivity index (χ4v) is 0.718. The zero-order chi connectivity index (χ0) is 9.23. The smallest absolute Gasteiger partial charge is 0.0856 e. The monoisotopic (exact) mass is 173 g/mol. The van der Waals surface area contributed by atoms with E-state index < -0.39 is 0 Å². The van der Waals surface area contributed by atoms with Gasteiger partial charge in [-0.3, -0.25) is 0 Å². The summed E-state index contributed by atoms with van der Waals surface area (Å²) < 4.78 is 10.2. The van der Waals surface area contributed by atoms with Gasteiger partial charge in [-0.25, -0.2) is 0 Å². The Balaban J connectivity index is 2.95. The van der Waals surface area contributed by atoms with E-state index in [9.17, 15) is 0 Å². The summed E-state index contributed by atoms with van der Waals surface area (Å²) in [4.78, 5) is 0. The maximum absolute atomic E-state index is 5.32. The first-order chi connectivity index (χ1) is 5.81. The van der Waals surface area contributed by atoms with Crippen LogP contribution >= 0.6 is 0 Å². The molecule has 0 atom stereocenters. The van der Waals surface area contributed by atoms with Crippen LogP contribution in [0.4, 0.5) is 0 Å². The molecule has 3 nitrogen and oxygen atoms in total. The van der Waals surface area contributed by atoms with Crippen molar-refractivity contribution in [3.8, 4) is 0 Å². The standard InChI is InChI=1S/C9H19NO2/c1-9(10-2)8-12-7-5-4-6-11-3/h10H,1,4-8H2,2-3H3. The fourth-order valence-electron chi connectivity index (χ4n) is 0.718. The molecule has 0 amide bonds. The minimum atomic E-state index is 0.601. The zero-order valence-electron chi connectivity index (χ0n) is 8.06. The molecular weight excluding hydrogens is 154 g/mol. The summed E-state index contributed by atoms with van der Waals surface area (Å²) in [5, 5.41) is 2.92. The van der Waals surface area contributed by atoms with Gasteiger partial charge in [0.15, 0.2) is 0 Å². The van der Waals surface area contributed by atoms with Crippen LogP contribution in [0, 0.1) is 0 Å². The third kappa shape index (κ3) is 7.57. The number of likely N-dealkylation sites (N-methyl/N-ethyl adjacent to an activating group) is 1. The van der Waals surface area contributed by atoms with Crippen molar-refractivity contribution in [2.24, 2.45) is 0 Å². The summed E-state index contributed by atoms with van der Waals surface area (Å²) in [7, 11) is 3.56. The van der Waals surface area contributed by atoms with Crippen molar-refractivity contribution >= 4 is 0 Å². The van der Waals surface area contributed by atoms with Crippen LogP contribution in [0.1, 0.15) is 12.8 Å². The molecule has 0 saturated heterocycles. The van der Waals surface area contributed by atoms with Crippen LogP contribution in [-0.2, 0) is 9.47 Å². The molecule has 0 bridgehead atoms. The average Bonchev–Trinajstić information content (AvgIpc) is 2.10. The van der Waals surface area contributed by atoms with E-state index in [1.54, 1.807) is 7.11 Å². The third-order valence-electron chi connectivity index (χ3n) is 1.52. The lowest BCUT2D eigenvalue weighted by molar-refractivity contribution is 0.133. The molecule has 0 spiro atoms. The molecule has 12 heavy (non-hydrogen) atoms. The highest BCUT2D eigenvalue weighted by Gasteiger charge is 1.91. The number of ether oxygens (including phenoxy) is 2. The topological polar surface area (TPSA) is 30.5 Å². The van der Waals surface area contributed by atoms with E-state index in [1.807, 2.05) is 7.05 Å². The quantitative estimate of drug-likeness (QED) is 0.559. The second-order valence-corrected chi connectivity index (χ2v) is 2.61. The number of unbranched alkanes of at least 4 members (excludes halogenated alkanes) is 1. The van der Waals surface area contributed by atoms with E-state index in [-0.39, 0.29) is 0 Å². The average molecular weight is 173 g/mol. The predicted octanol–water partition coefficient (Wildman–Crippen LogP) is 1.16. The largest absolute Gasteiger partial charge is 0.390 e. The Labute approximate surface area is 74.7 Å². The molecule has 0 saturated carbocycles. The van der Waals surface area contributed by atoms with Crippen molar-refractivity contribution in [3.05, 3.63) is 12.3 Å². The first-order valence-corrected chi connectivity index (χ1v) is 4.23. The van der Waals surface area contributed by atoms with E-state index in [0.29, 0.717) is 6.61 Å². The maximum atomic E-state index is 5.32. The normalized spacial score (nSPS) is 9.83. The molecule has 1 N–H and O–H groups in total. The van der Waals surface area contributed by atoms with E-state index >= 15 is 0 Å². The Morgan fingerprint density at radius 3 is 2.58 bits per heavy atom. The zero-order valence-corrected chi connectivity index (χ0v) is 8.06. The molecule has 0 aromatic heterocycles. The first kappa shape index (κ1) is 11.5. The Kier molecular flexibility index (Phi) is 8.17. The van der Waals surface area contributed by atoms with Gasteiger partial charge in [0.25, 0.3) is 0 Å². The van der Waals surface area contributed by atoms with Crippen LogP contribution < -0.4 is 5.32 Å². The highest BCUT2D eigenvalue weighted by atomic mass is 16.5. The minimum absolute atomic E-state index is 0.601. The van der Waals surface area contributed by atoms with Gasteiger partial charge >= 0.3 is 0 Å². The minimum Gasteiger partial charge on any atom is -0.390 e. The fraction of sp³-hybridized carbons (Fsp3) is 0.778. The van der Waals surface area contributed by atoms with Crippen LogP contribution in [0.15, 0.2) is 12.3 Å². The lowest BCUT2D eigenvalue weighted by Crippen LogP contribution is -2.11. The SMILES string of the molecule is C=C(COCCCCOC)NC. The Morgan fingerprint density at radius 2 is 2.00 bits per heavy atom. The molecule has 0 aliphatic rings. The van der Waals surface area contributed by atoms with Crippen molar-refractivity contribution in [2.75, 3.05) is 34.0 Å². The van der Waals surface area contributed by atoms with Gasteiger partial charge in [0, 0.05) is 33.1 Å². The molecule has 3 heteroatoms. The number of hydrogen-bond donors (Lipinski definition) is 1. The molecule has 0 unspecified atom stereocenters. The van der Waals surface area contributed by atoms with Crippen LogP contribution in [0.2, 0.25) is 0 Å². The van der Waals surface area contributed by atoms with Crippen molar-refractivity contribution in [2.45, 2.75) is 12.8 Å². The van der Waals surface area contributed by atoms with Gasteiger partial charge in [-0.15, -0.1) is 0 Å². The summed E-state index contributed by atoms with van der Waals surface area (Å²) >= 11 is 0. The summed E-state index contributed by atoms with van der Waals surface area (Å²) in [5.41, 5.74) is 0.918. The lowest BCUT2D eigenvalue weighted by Gasteiger charge is -2.05. The second kappa shape index (κ2) is 8.56. The Hall–Kier alpha value is -0.540. The van der Waals surface area contributed by atoms with Gasteiger partial charge in [0.2, 0.25) is 0 Å². The molecule has 0 fully saturated rings. The van der Waals surface area contributed by atoms with Gasteiger partial charge in [0.1, 0.15) is 0 Å². The molecule has 0 aromatic rings. The van der Waals surface area contributed by atoms with Crippen LogP contribution in [0.5, 0.6) is 0 Å². The number of rotatable bonds is 8. The molecule has 0 aliphatic heterocycles. The van der Waals surface area contributed by atoms with Crippen molar-refractivity contribution in [3.63, 3.8) is 0 Å². The molecule has 72 valence electrons. The molecule has 0 heterocycles. The molecule has 0 aliphatic carbocycles. The van der Waals surface area contributed by atoms with Crippen molar-refractivity contribution in [1.29, 1.82) is 0 Å². The number of methoxy groups -OCH3 is 1. The lowest BCUT2D eigenvalue weighted by atomic mass is 10.3. The summed E-state index contributed by atoms with van der Waals surface area (Å²) in [6, 6.07) is 0. The van der Waals surface area contributed by atoms with Crippen LogP contribution in [0.3, 0.4) is 0 Å². The molecular formula is C9H19NO2. The highest BCUT2D eigenvalue weighted by molar-refractivity contribution is 4.88. The van der Waals surface area contributed by atoms with Crippen molar-refractivity contribution < 1.29 is 9.47 Å². The summed E-state index contributed by atoms with van der Waals surface area (Å²) in [6.07, 6.45) is 2.10. The van der Waals surface area contributed by atoms with Gasteiger partial charge in [0.05, 0.1) is 6.61 Å². The molecule has 0 radical (unpaired) electrons. The van der Waals surface area contributed by atoms with Crippen LogP contribution in [0.25, 0.3) is 0 Å². The van der Waals surface area contributed by atoms with E-state index in [0.717, 1.165) is 31.8 Å². The highest BCUT2D eigenvalue weighted by Crippen LogP contribution is 1.92. The first-order valence-electron chi connectivity index (χ1n) is 4.23. The summed E-state index contributed by atoms with van der Waals surface area (Å²) in [6.45, 7) is 5.94. The predicted molar refractivity (Wildman–Crippen MR) is 50.1 cm³/mol. The number of hydrogen-bond acceptors (Lipinski definition) is 3. The van der Waals surface area contributed by atoms with Gasteiger partial charge in [-0.05, 0) is 12.8 Å². The molecule has 0 rings (SSSR count). The Bertz CT molecular complexity index is 115. The third-order valence-corrected chi connectivity index (χ3v) is 1.52. The number of nitrogens with one attached hydrogen (secondary N) is 1. The van der Waals surface area contributed by atoms with E-state index in [4.69, 9.17) is 9.47 Å². The van der Waals surface area contributed by atoms with Gasteiger partial charge in [-0.2, -0.15) is 0 Å². The van der Waals surface area contributed by atoms with Crippen LogP contribution in [-0.4, -0.2) is 34.0 Å².